The van der Waals surface area contributed by atoms with E-state index in [1.165, 1.54) is 0 Å². The summed E-state index contributed by atoms with van der Waals surface area (Å²) in [5.41, 5.74) is 1.40. The van der Waals surface area contributed by atoms with Crippen LogP contribution in [0, 0.1) is 0 Å². The normalized spacial score (nSPS) is 21.4. The van der Waals surface area contributed by atoms with E-state index in [-0.39, 0.29) is 17.8 Å². The van der Waals surface area contributed by atoms with Crippen molar-refractivity contribution in [2.75, 3.05) is 6.61 Å². The summed E-state index contributed by atoms with van der Waals surface area (Å²) in [7, 11) is 0. The first-order chi connectivity index (χ1) is 8.70. The van der Waals surface area contributed by atoms with Gasteiger partial charge in [-0.2, -0.15) is 0 Å². The van der Waals surface area contributed by atoms with E-state index in [1.54, 1.807) is 12.1 Å². The fourth-order valence-electron chi connectivity index (χ4n) is 2.01. The van der Waals surface area contributed by atoms with Gasteiger partial charge in [-0.3, -0.25) is 0 Å². The predicted molar refractivity (Wildman–Crippen MR) is 74.6 cm³/mol. The van der Waals surface area contributed by atoms with E-state index >= 15 is 0 Å². The molecule has 0 saturated carbocycles. The summed E-state index contributed by atoms with van der Waals surface area (Å²) >= 11 is 0. The van der Waals surface area contributed by atoms with Crippen molar-refractivity contribution in [3.05, 3.63) is 35.4 Å². The highest BCUT2D eigenvalue weighted by molar-refractivity contribution is 5.85. The van der Waals surface area contributed by atoms with Gasteiger partial charge in [0.15, 0.2) is 6.61 Å². The third-order valence-electron chi connectivity index (χ3n) is 3.19. The van der Waals surface area contributed by atoms with Gasteiger partial charge in [-0.25, -0.2) is 13.6 Å². The zero-order valence-electron chi connectivity index (χ0n) is 11.6. The van der Waals surface area contributed by atoms with Crippen LogP contribution < -0.4 is 5.32 Å². The Morgan fingerprint density at radius 3 is 2.30 bits per heavy atom. The number of nitrogens with one attached hydrogen (secondary N) is 1. The molecule has 1 amide bonds. The number of halogens is 3. The van der Waals surface area contributed by atoms with Crippen molar-refractivity contribution in [3.8, 4) is 0 Å². The molecule has 1 heterocycles. The third-order valence-corrected chi connectivity index (χ3v) is 3.19. The molecule has 3 nitrogen and oxygen atoms in total. The highest BCUT2D eigenvalue weighted by atomic mass is 35.5. The first-order valence-corrected chi connectivity index (χ1v) is 6.12. The molecule has 0 spiro atoms. The first-order valence-electron chi connectivity index (χ1n) is 6.12. The maximum Gasteiger partial charge on any atom is 0.408 e. The van der Waals surface area contributed by atoms with Gasteiger partial charge in [-0.1, -0.05) is 45.0 Å². The second-order valence-electron chi connectivity index (χ2n) is 5.79. The van der Waals surface area contributed by atoms with E-state index in [1.807, 2.05) is 32.9 Å². The molecule has 1 aromatic rings. The van der Waals surface area contributed by atoms with Gasteiger partial charge < -0.3 is 10.1 Å². The number of rotatable bonds is 1. The number of ether oxygens (including phenoxy) is 1. The number of hydrogen-bond acceptors (Lipinski definition) is 2. The number of carbonyl (C=O) groups excluding carboxylic acids is 1. The van der Waals surface area contributed by atoms with Crippen LogP contribution in [0.2, 0.25) is 0 Å². The fraction of sp³-hybridized carbons (Fsp3) is 0.500. The van der Waals surface area contributed by atoms with Gasteiger partial charge in [0.2, 0.25) is 0 Å². The van der Waals surface area contributed by atoms with Crippen LogP contribution in [0.25, 0.3) is 0 Å². The predicted octanol–water partition coefficient (Wildman–Crippen LogP) is 3.82. The average molecular weight is 306 g/mol. The lowest BCUT2D eigenvalue weighted by atomic mass is 9.86. The molecule has 1 aliphatic heterocycles. The summed E-state index contributed by atoms with van der Waals surface area (Å²) in [6.45, 7) is 5.26. The van der Waals surface area contributed by atoms with Crippen molar-refractivity contribution in [2.24, 2.45) is 0 Å². The summed E-state index contributed by atoms with van der Waals surface area (Å²) in [5, 5.41) is 2.17. The molecule has 0 unspecified atom stereocenters. The van der Waals surface area contributed by atoms with Crippen molar-refractivity contribution in [2.45, 2.75) is 38.2 Å². The maximum atomic E-state index is 13.7. The Morgan fingerprint density at radius 1 is 1.25 bits per heavy atom. The van der Waals surface area contributed by atoms with E-state index in [2.05, 4.69) is 10.1 Å². The van der Waals surface area contributed by atoms with E-state index in [0.29, 0.717) is 5.56 Å². The number of cyclic esters (lactones) is 1. The second-order valence-corrected chi connectivity index (χ2v) is 5.79. The fourth-order valence-corrected chi connectivity index (χ4v) is 2.01. The molecular formula is C14H18ClF2NO2. The molecule has 2 rings (SSSR count). The summed E-state index contributed by atoms with van der Waals surface area (Å²) in [6.07, 6.45) is -0.809. The van der Waals surface area contributed by atoms with Gasteiger partial charge in [0, 0.05) is 0 Å². The smallest absolute Gasteiger partial charge is 0.408 e. The van der Waals surface area contributed by atoms with Crippen LogP contribution >= 0.6 is 12.4 Å². The van der Waals surface area contributed by atoms with E-state index in [0.717, 1.165) is 5.56 Å². The second kappa shape index (κ2) is 5.56. The molecular weight excluding hydrogens is 288 g/mol. The van der Waals surface area contributed by atoms with Gasteiger partial charge in [0.25, 0.3) is 0 Å². The zero-order chi connectivity index (χ0) is 14.3. The van der Waals surface area contributed by atoms with Crippen LogP contribution in [-0.4, -0.2) is 18.6 Å². The quantitative estimate of drug-likeness (QED) is 0.856. The highest BCUT2D eigenvalue weighted by Gasteiger charge is 2.46. The molecule has 1 atom stereocenters. The number of hydrogen-bond donors (Lipinski definition) is 1. The maximum absolute atomic E-state index is 13.7. The summed E-state index contributed by atoms with van der Waals surface area (Å²) in [6, 6.07) is 5.55. The van der Waals surface area contributed by atoms with Crippen LogP contribution in [0.5, 0.6) is 0 Å². The van der Waals surface area contributed by atoms with Crippen LogP contribution in [0.15, 0.2) is 24.3 Å². The van der Waals surface area contributed by atoms with Crippen LogP contribution in [0.4, 0.5) is 13.6 Å². The lowest BCUT2D eigenvalue weighted by Gasteiger charge is -2.32. The minimum atomic E-state index is -3.10. The molecule has 0 radical (unpaired) electrons. The monoisotopic (exact) mass is 305 g/mol. The molecule has 20 heavy (non-hydrogen) atoms. The van der Waals surface area contributed by atoms with E-state index < -0.39 is 24.7 Å². The van der Waals surface area contributed by atoms with Crippen LogP contribution in [0.1, 0.15) is 37.9 Å². The number of amides is 1. The van der Waals surface area contributed by atoms with Gasteiger partial charge in [-0.15, -0.1) is 12.4 Å². The molecule has 1 aliphatic rings. The molecule has 112 valence electrons. The average Bonchev–Trinajstić information content (AvgIpc) is 2.31. The lowest BCUT2D eigenvalue weighted by molar-refractivity contribution is -0.104. The molecule has 0 aromatic heterocycles. The Bertz CT molecular complexity index is 483. The van der Waals surface area contributed by atoms with Gasteiger partial charge in [0.1, 0.15) is 6.04 Å². The van der Waals surface area contributed by atoms with E-state index in [9.17, 15) is 13.6 Å². The molecule has 1 aromatic carbocycles. The molecule has 1 N–H and O–H groups in total. The molecule has 0 bridgehead atoms. The Labute approximate surface area is 123 Å². The number of alkyl halides is 2. The van der Waals surface area contributed by atoms with Crippen molar-refractivity contribution in [3.63, 3.8) is 0 Å². The SMILES string of the molecule is CC(C)(C)c1ccc([C@@H]2NC(=O)OCC2(F)F)cc1.Cl. The topological polar surface area (TPSA) is 38.3 Å². The Hall–Kier alpha value is -1.36. The van der Waals surface area contributed by atoms with Crippen molar-refractivity contribution < 1.29 is 18.3 Å². The Balaban J connectivity index is 0.00000200. The minimum Gasteiger partial charge on any atom is -0.443 e. The summed E-state index contributed by atoms with van der Waals surface area (Å²) < 4.78 is 31.8. The van der Waals surface area contributed by atoms with E-state index in [4.69, 9.17) is 0 Å². The number of benzene rings is 1. The van der Waals surface area contributed by atoms with Gasteiger partial charge in [0.05, 0.1) is 0 Å². The first kappa shape index (κ1) is 16.7. The van der Waals surface area contributed by atoms with Crippen LogP contribution in [0.3, 0.4) is 0 Å². The molecule has 6 heteroatoms. The summed E-state index contributed by atoms with van der Waals surface area (Å²) in [4.78, 5) is 11.1. The van der Waals surface area contributed by atoms with Gasteiger partial charge in [-0.05, 0) is 16.5 Å². The Kier molecular flexibility index (Phi) is 4.64. The standard InChI is InChI=1S/C14H17F2NO2.ClH/c1-13(2,3)10-6-4-9(5-7-10)11-14(15,16)8-19-12(18)17-11;/h4-7,11H,8H2,1-3H3,(H,17,18);1H/t11-;/m0./s1. The third kappa shape index (κ3) is 3.39. The molecule has 1 saturated heterocycles. The largest absolute Gasteiger partial charge is 0.443 e. The Morgan fingerprint density at radius 2 is 1.80 bits per heavy atom. The molecule has 1 fully saturated rings. The minimum absolute atomic E-state index is 0. The van der Waals surface area contributed by atoms with Crippen molar-refractivity contribution in [1.29, 1.82) is 0 Å². The van der Waals surface area contributed by atoms with Crippen LogP contribution in [-0.2, 0) is 10.2 Å². The highest BCUT2D eigenvalue weighted by Crippen LogP contribution is 2.35. The molecule has 0 aliphatic carbocycles. The van der Waals surface area contributed by atoms with Crippen molar-refractivity contribution >= 4 is 18.5 Å². The lowest BCUT2D eigenvalue weighted by Crippen LogP contribution is -2.49. The van der Waals surface area contributed by atoms with Crippen molar-refractivity contribution in [1.82, 2.24) is 5.32 Å². The summed E-state index contributed by atoms with van der Waals surface area (Å²) in [5.74, 6) is -3.10. The van der Waals surface area contributed by atoms with Gasteiger partial charge >= 0.3 is 12.0 Å². The zero-order valence-corrected chi connectivity index (χ0v) is 12.4. The number of carbonyl (C=O) groups is 1. The number of alkyl carbamates (subject to hydrolysis) is 1.